The van der Waals surface area contributed by atoms with Crippen LogP contribution in [-0.4, -0.2) is 15.7 Å². The summed E-state index contributed by atoms with van der Waals surface area (Å²) in [4.78, 5) is 19.0. The number of hydrogen-bond acceptors (Lipinski definition) is 3. The Morgan fingerprint density at radius 2 is 2.24 bits per heavy atom. The van der Waals surface area contributed by atoms with Gasteiger partial charge in [-0.05, 0) is 25.7 Å². The van der Waals surface area contributed by atoms with Crippen LogP contribution in [0.5, 0.6) is 0 Å². The Morgan fingerprint density at radius 1 is 1.53 bits per heavy atom. The Hall–Kier alpha value is -1.21. The first kappa shape index (κ1) is 13.9. The number of aromatic nitrogens is 2. The van der Waals surface area contributed by atoms with Crippen LogP contribution < -0.4 is 5.56 Å². The third-order valence-corrected chi connectivity index (χ3v) is 3.24. The average molecular weight is 250 g/mol. The summed E-state index contributed by atoms with van der Waals surface area (Å²) in [5, 5.41) is 0.610. The number of thioether (sulfide) groups is 1. The van der Waals surface area contributed by atoms with E-state index in [0.717, 1.165) is 24.1 Å². The fourth-order valence-corrected chi connectivity index (χ4v) is 2.08. The summed E-state index contributed by atoms with van der Waals surface area (Å²) in [5.41, 5.74) is 1.58. The van der Waals surface area contributed by atoms with Crippen molar-refractivity contribution in [3.05, 3.63) is 21.6 Å². The second-order valence-electron chi connectivity index (χ2n) is 4.36. The number of nitrogens with one attached hydrogen (secondary N) is 1. The van der Waals surface area contributed by atoms with Gasteiger partial charge in [-0.15, -0.1) is 6.42 Å². The van der Waals surface area contributed by atoms with E-state index in [1.807, 2.05) is 6.92 Å². The van der Waals surface area contributed by atoms with E-state index in [1.54, 1.807) is 0 Å². The summed E-state index contributed by atoms with van der Waals surface area (Å²) < 4.78 is 0. The first-order valence-electron chi connectivity index (χ1n) is 5.70. The Kier molecular flexibility index (Phi) is 5.30. The molecule has 0 fully saturated rings. The standard InChI is InChI=1S/C13H18N2OS/c1-5-8-17-13-14-10(4)11(12(16)15-13)7-6-9(2)3/h1,9H,6-8H2,2-4H3,(H,14,15,16). The maximum absolute atomic E-state index is 11.9. The summed E-state index contributed by atoms with van der Waals surface area (Å²) in [6.07, 6.45) is 6.96. The highest BCUT2D eigenvalue weighted by Crippen LogP contribution is 2.13. The van der Waals surface area contributed by atoms with Crippen LogP contribution in [0.2, 0.25) is 0 Å². The van der Waals surface area contributed by atoms with Crippen molar-refractivity contribution in [2.24, 2.45) is 5.92 Å². The zero-order valence-electron chi connectivity index (χ0n) is 10.5. The van der Waals surface area contributed by atoms with Gasteiger partial charge in [0.2, 0.25) is 0 Å². The van der Waals surface area contributed by atoms with Gasteiger partial charge < -0.3 is 4.98 Å². The summed E-state index contributed by atoms with van der Waals surface area (Å²) in [7, 11) is 0. The Morgan fingerprint density at radius 3 is 2.76 bits per heavy atom. The van der Waals surface area contributed by atoms with Crippen molar-refractivity contribution < 1.29 is 0 Å². The molecule has 0 saturated heterocycles. The molecule has 1 N–H and O–H groups in total. The molecule has 1 aromatic rings. The lowest BCUT2D eigenvalue weighted by molar-refractivity contribution is 0.580. The predicted octanol–water partition coefficient (Wildman–Crippen LogP) is 2.39. The molecule has 0 aliphatic carbocycles. The van der Waals surface area contributed by atoms with Gasteiger partial charge in [0.05, 0.1) is 5.75 Å². The van der Waals surface area contributed by atoms with E-state index in [-0.39, 0.29) is 5.56 Å². The molecule has 0 saturated carbocycles. The van der Waals surface area contributed by atoms with Crippen LogP contribution in [0.4, 0.5) is 0 Å². The van der Waals surface area contributed by atoms with Gasteiger partial charge in [0, 0.05) is 11.3 Å². The maximum atomic E-state index is 11.9. The monoisotopic (exact) mass is 250 g/mol. The molecule has 4 heteroatoms. The Labute approximate surface area is 106 Å². The largest absolute Gasteiger partial charge is 0.301 e. The van der Waals surface area contributed by atoms with E-state index >= 15 is 0 Å². The number of nitrogens with zero attached hydrogens (tertiary/aromatic N) is 1. The van der Waals surface area contributed by atoms with Crippen molar-refractivity contribution in [3.8, 4) is 12.3 Å². The molecule has 0 unspecified atom stereocenters. The van der Waals surface area contributed by atoms with Crippen LogP contribution in [0.25, 0.3) is 0 Å². The fourth-order valence-electron chi connectivity index (χ4n) is 1.49. The van der Waals surface area contributed by atoms with Gasteiger partial charge in [-0.2, -0.15) is 0 Å². The van der Waals surface area contributed by atoms with Crippen LogP contribution in [0.1, 0.15) is 31.5 Å². The summed E-state index contributed by atoms with van der Waals surface area (Å²) in [6, 6.07) is 0. The molecule has 1 heterocycles. The minimum absolute atomic E-state index is 0.0299. The molecule has 17 heavy (non-hydrogen) atoms. The zero-order chi connectivity index (χ0) is 12.8. The summed E-state index contributed by atoms with van der Waals surface area (Å²) in [6.45, 7) is 6.17. The molecule has 0 atom stereocenters. The minimum Gasteiger partial charge on any atom is -0.301 e. The van der Waals surface area contributed by atoms with Crippen LogP contribution >= 0.6 is 11.8 Å². The van der Waals surface area contributed by atoms with E-state index in [0.29, 0.717) is 16.8 Å². The van der Waals surface area contributed by atoms with Crippen molar-refractivity contribution in [2.75, 3.05) is 5.75 Å². The molecule has 0 radical (unpaired) electrons. The van der Waals surface area contributed by atoms with Crippen molar-refractivity contribution in [2.45, 2.75) is 38.8 Å². The topological polar surface area (TPSA) is 45.8 Å². The second kappa shape index (κ2) is 6.51. The normalized spacial score (nSPS) is 10.5. The predicted molar refractivity (Wildman–Crippen MR) is 72.3 cm³/mol. The van der Waals surface area contributed by atoms with Crippen molar-refractivity contribution in [3.63, 3.8) is 0 Å². The molecule has 0 aliphatic heterocycles. The molecule has 1 aromatic heterocycles. The number of rotatable bonds is 5. The van der Waals surface area contributed by atoms with E-state index in [4.69, 9.17) is 6.42 Å². The molecule has 92 valence electrons. The molecular formula is C13H18N2OS. The Balaban J connectivity index is 2.87. The van der Waals surface area contributed by atoms with Crippen LogP contribution in [0.15, 0.2) is 9.95 Å². The molecule has 0 amide bonds. The highest BCUT2D eigenvalue weighted by Gasteiger charge is 2.08. The number of aryl methyl sites for hydroxylation is 1. The first-order valence-corrected chi connectivity index (χ1v) is 6.69. The molecule has 1 rings (SSSR count). The first-order chi connectivity index (χ1) is 8.04. The van der Waals surface area contributed by atoms with Gasteiger partial charge >= 0.3 is 0 Å². The SMILES string of the molecule is C#CCSc1nc(C)c(CCC(C)C)c(=O)[nH]1. The van der Waals surface area contributed by atoms with Crippen molar-refractivity contribution in [1.29, 1.82) is 0 Å². The smallest absolute Gasteiger partial charge is 0.254 e. The van der Waals surface area contributed by atoms with Gasteiger partial charge in [-0.25, -0.2) is 4.98 Å². The average Bonchev–Trinajstić information content (AvgIpc) is 2.24. The lowest BCUT2D eigenvalue weighted by Gasteiger charge is -2.07. The summed E-state index contributed by atoms with van der Waals surface area (Å²) in [5.74, 6) is 3.62. The van der Waals surface area contributed by atoms with Gasteiger partial charge in [-0.1, -0.05) is 31.5 Å². The van der Waals surface area contributed by atoms with E-state index < -0.39 is 0 Å². The molecule has 0 spiro atoms. The van der Waals surface area contributed by atoms with Crippen molar-refractivity contribution >= 4 is 11.8 Å². The third kappa shape index (κ3) is 4.27. The highest BCUT2D eigenvalue weighted by atomic mass is 32.2. The van der Waals surface area contributed by atoms with Crippen LogP contribution in [0, 0.1) is 25.2 Å². The number of H-pyrrole nitrogens is 1. The highest BCUT2D eigenvalue weighted by molar-refractivity contribution is 7.99. The number of terminal acetylenes is 1. The minimum atomic E-state index is -0.0299. The third-order valence-electron chi connectivity index (χ3n) is 2.46. The summed E-state index contributed by atoms with van der Waals surface area (Å²) >= 11 is 1.38. The zero-order valence-corrected chi connectivity index (χ0v) is 11.4. The fraction of sp³-hybridized carbons (Fsp3) is 0.538. The quantitative estimate of drug-likeness (QED) is 0.496. The molecular weight excluding hydrogens is 232 g/mol. The lowest BCUT2D eigenvalue weighted by Crippen LogP contribution is -2.17. The van der Waals surface area contributed by atoms with Gasteiger partial charge in [0.25, 0.3) is 5.56 Å². The van der Waals surface area contributed by atoms with Gasteiger partial charge in [0.1, 0.15) is 0 Å². The van der Waals surface area contributed by atoms with Crippen LogP contribution in [-0.2, 0) is 6.42 Å². The van der Waals surface area contributed by atoms with E-state index in [9.17, 15) is 4.79 Å². The van der Waals surface area contributed by atoms with Gasteiger partial charge in [-0.3, -0.25) is 4.79 Å². The Bertz CT molecular complexity index is 471. The maximum Gasteiger partial charge on any atom is 0.254 e. The van der Waals surface area contributed by atoms with Crippen LogP contribution in [0.3, 0.4) is 0 Å². The molecule has 3 nitrogen and oxygen atoms in total. The van der Waals surface area contributed by atoms with Gasteiger partial charge in [0.15, 0.2) is 5.16 Å². The van der Waals surface area contributed by atoms with E-state index in [2.05, 4.69) is 29.7 Å². The number of hydrogen-bond donors (Lipinski definition) is 1. The number of aromatic amines is 1. The van der Waals surface area contributed by atoms with Crippen molar-refractivity contribution in [1.82, 2.24) is 9.97 Å². The van der Waals surface area contributed by atoms with E-state index in [1.165, 1.54) is 11.8 Å². The second-order valence-corrected chi connectivity index (χ2v) is 5.32. The molecule has 0 bridgehead atoms. The molecule has 0 aliphatic rings. The lowest BCUT2D eigenvalue weighted by atomic mass is 10.0. The molecule has 0 aromatic carbocycles.